The lowest BCUT2D eigenvalue weighted by Crippen LogP contribution is -2.46. The highest BCUT2D eigenvalue weighted by Gasteiger charge is 2.44. The second-order valence-corrected chi connectivity index (χ2v) is 7.17. The molecule has 15 heavy (non-hydrogen) atoms. The van der Waals surface area contributed by atoms with Crippen LogP contribution in [0.3, 0.4) is 0 Å². The van der Waals surface area contributed by atoms with Gasteiger partial charge in [-0.2, -0.15) is 0 Å². The zero-order valence-electron chi connectivity index (χ0n) is 11.6. The molecule has 1 fully saturated rings. The molecule has 0 saturated carbocycles. The minimum Gasteiger partial charge on any atom is -0.313 e. The Labute approximate surface area is 96.0 Å². The van der Waals surface area contributed by atoms with E-state index in [1.165, 1.54) is 13.0 Å². The van der Waals surface area contributed by atoms with Crippen LogP contribution in [0.2, 0.25) is 0 Å². The normalized spacial score (nSPS) is 28.8. The summed E-state index contributed by atoms with van der Waals surface area (Å²) in [6.07, 6.45) is 1.34. The minimum absolute atomic E-state index is 0.382. The summed E-state index contributed by atoms with van der Waals surface area (Å²) in [6.45, 7) is 17.9. The standard InChI is InChI=1S/C14H29N/c1-10(2)14(6,7)11-8-9-15-12(11)13(3,4)5/h10-12,15H,8-9H2,1-7H3. The number of rotatable bonds is 2. The Hall–Kier alpha value is -0.0400. The zero-order valence-corrected chi connectivity index (χ0v) is 11.6. The van der Waals surface area contributed by atoms with Crippen molar-refractivity contribution in [2.45, 2.75) is 60.9 Å². The van der Waals surface area contributed by atoms with Crippen LogP contribution in [0.5, 0.6) is 0 Å². The van der Waals surface area contributed by atoms with Gasteiger partial charge in [-0.05, 0) is 35.6 Å². The third kappa shape index (κ3) is 2.55. The van der Waals surface area contributed by atoms with E-state index in [0.29, 0.717) is 16.9 Å². The lowest BCUT2D eigenvalue weighted by atomic mass is 9.63. The zero-order chi connectivity index (χ0) is 11.9. The average molecular weight is 211 g/mol. The lowest BCUT2D eigenvalue weighted by molar-refractivity contribution is 0.0834. The molecular formula is C14H29N. The Kier molecular flexibility index (Phi) is 3.55. The van der Waals surface area contributed by atoms with Gasteiger partial charge in [-0.1, -0.05) is 48.5 Å². The summed E-state index contributed by atoms with van der Waals surface area (Å²) in [7, 11) is 0. The summed E-state index contributed by atoms with van der Waals surface area (Å²) in [5, 5.41) is 3.71. The van der Waals surface area contributed by atoms with E-state index in [1.807, 2.05) is 0 Å². The van der Waals surface area contributed by atoms with Gasteiger partial charge in [-0.3, -0.25) is 0 Å². The predicted octanol–water partition coefficient (Wildman–Crippen LogP) is 3.69. The molecule has 2 unspecified atom stereocenters. The van der Waals surface area contributed by atoms with E-state index in [9.17, 15) is 0 Å². The molecule has 2 atom stereocenters. The summed E-state index contributed by atoms with van der Waals surface area (Å²) in [6, 6.07) is 0.676. The molecule has 90 valence electrons. The van der Waals surface area contributed by atoms with Gasteiger partial charge >= 0.3 is 0 Å². The highest BCUT2D eigenvalue weighted by Crippen LogP contribution is 2.45. The van der Waals surface area contributed by atoms with Gasteiger partial charge in [0, 0.05) is 6.04 Å². The summed E-state index contributed by atoms with van der Waals surface area (Å²) < 4.78 is 0. The molecule has 1 rings (SSSR count). The van der Waals surface area contributed by atoms with Crippen LogP contribution in [0, 0.1) is 22.7 Å². The fourth-order valence-corrected chi connectivity index (χ4v) is 2.84. The predicted molar refractivity (Wildman–Crippen MR) is 68.0 cm³/mol. The van der Waals surface area contributed by atoms with Crippen molar-refractivity contribution >= 4 is 0 Å². The monoisotopic (exact) mass is 211 g/mol. The first-order valence-corrected chi connectivity index (χ1v) is 6.40. The number of hydrogen-bond donors (Lipinski definition) is 1. The first-order valence-electron chi connectivity index (χ1n) is 6.40. The van der Waals surface area contributed by atoms with Gasteiger partial charge in [0.2, 0.25) is 0 Å². The summed E-state index contributed by atoms with van der Waals surface area (Å²) >= 11 is 0. The Morgan fingerprint density at radius 3 is 2.00 bits per heavy atom. The second kappa shape index (κ2) is 4.08. The molecule has 1 nitrogen and oxygen atoms in total. The largest absolute Gasteiger partial charge is 0.313 e. The van der Waals surface area contributed by atoms with Crippen molar-refractivity contribution < 1.29 is 0 Å². The minimum atomic E-state index is 0.382. The van der Waals surface area contributed by atoms with Gasteiger partial charge in [0.1, 0.15) is 0 Å². The molecule has 0 spiro atoms. The van der Waals surface area contributed by atoms with Crippen LogP contribution in [-0.2, 0) is 0 Å². The van der Waals surface area contributed by atoms with E-state index in [-0.39, 0.29) is 0 Å². The molecule has 0 amide bonds. The molecule has 0 aromatic carbocycles. The van der Waals surface area contributed by atoms with Gasteiger partial charge in [-0.25, -0.2) is 0 Å². The van der Waals surface area contributed by atoms with Crippen molar-refractivity contribution in [3.63, 3.8) is 0 Å². The van der Waals surface area contributed by atoms with Crippen molar-refractivity contribution in [2.24, 2.45) is 22.7 Å². The highest BCUT2D eigenvalue weighted by atomic mass is 15.0. The van der Waals surface area contributed by atoms with Crippen LogP contribution in [0.4, 0.5) is 0 Å². The fourth-order valence-electron chi connectivity index (χ4n) is 2.84. The van der Waals surface area contributed by atoms with Crippen LogP contribution in [0.15, 0.2) is 0 Å². The molecule has 1 heteroatoms. The van der Waals surface area contributed by atoms with Crippen LogP contribution in [0.25, 0.3) is 0 Å². The van der Waals surface area contributed by atoms with Crippen LogP contribution < -0.4 is 5.32 Å². The number of hydrogen-bond acceptors (Lipinski definition) is 1. The molecule has 1 N–H and O–H groups in total. The SMILES string of the molecule is CC(C)C(C)(C)C1CCNC1C(C)(C)C. The fraction of sp³-hybridized carbons (Fsp3) is 1.00. The third-order valence-electron chi connectivity index (χ3n) is 4.60. The molecule has 1 saturated heterocycles. The molecular weight excluding hydrogens is 182 g/mol. The molecule has 0 bridgehead atoms. The van der Waals surface area contributed by atoms with Crippen LogP contribution in [0.1, 0.15) is 54.9 Å². The van der Waals surface area contributed by atoms with Gasteiger partial charge in [0.05, 0.1) is 0 Å². The van der Waals surface area contributed by atoms with E-state index < -0.39 is 0 Å². The van der Waals surface area contributed by atoms with E-state index >= 15 is 0 Å². The van der Waals surface area contributed by atoms with Gasteiger partial charge in [0.15, 0.2) is 0 Å². The van der Waals surface area contributed by atoms with Crippen LogP contribution in [-0.4, -0.2) is 12.6 Å². The molecule has 0 aromatic rings. The Morgan fingerprint density at radius 2 is 1.60 bits per heavy atom. The highest BCUT2D eigenvalue weighted by molar-refractivity contribution is 4.98. The van der Waals surface area contributed by atoms with E-state index in [1.54, 1.807) is 0 Å². The van der Waals surface area contributed by atoms with Gasteiger partial charge < -0.3 is 5.32 Å². The molecule has 0 aromatic heterocycles. The summed E-state index contributed by atoms with van der Waals surface area (Å²) in [5.41, 5.74) is 0.828. The molecule has 1 aliphatic rings. The van der Waals surface area contributed by atoms with Gasteiger partial charge in [0.25, 0.3) is 0 Å². The maximum absolute atomic E-state index is 3.71. The number of nitrogens with one attached hydrogen (secondary N) is 1. The summed E-state index contributed by atoms with van der Waals surface area (Å²) in [4.78, 5) is 0. The van der Waals surface area contributed by atoms with E-state index in [0.717, 1.165) is 11.8 Å². The Balaban J connectivity index is 2.86. The molecule has 1 aliphatic heterocycles. The lowest BCUT2D eigenvalue weighted by Gasteiger charge is -2.43. The topological polar surface area (TPSA) is 12.0 Å². The quantitative estimate of drug-likeness (QED) is 0.734. The maximum Gasteiger partial charge on any atom is 0.0149 e. The van der Waals surface area contributed by atoms with Crippen molar-refractivity contribution in [2.75, 3.05) is 6.54 Å². The third-order valence-corrected chi connectivity index (χ3v) is 4.60. The molecule has 0 aliphatic carbocycles. The Bertz CT molecular complexity index is 210. The van der Waals surface area contributed by atoms with Crippen molar-refractivity contribution in [1.29, 1.82) is 0 Å². The van der Waals surface area contributed by atoms with E-state index in [2.05, 4.69) is 53.8 Å². The first kappa shape index (κ1) is 13.0. The molecule has 0 radical (unpaired) electrons. The summed E-state index contributed by atoms with van der Waals surface area (Å²) in [5.74, 6) is 1.57. The van der Waals surface area contributed by atoms with E-state index in [4.69, 9.17) is 0 Å². The first-order chi connectivity index (χ1) is 6.67. The second-order valence-electron chi connectivity index (χ2n) is 7.17. The average Bonchev–Trinajstić information content (AvgIpc) is 2.49. The van der Waals surface area contributed by atoms with Crippen LogP contribution >= 0.6 is 0 Å². The van der Waals surface area contributed by atoms with Crippen molar-refractivity contribution in [3.05, 3.63) is 0 Å². The molecule has 1 heterocycles. The smallest absolute Gasteiger partial charge is 0.0149 e. The van der Waals surface area contributed by atoms with Crippen molar-refractivity contribution in [1.82, 2.24) is 5.32 Å². The Morgan fingerprint density at radius 1 is 1.07 bits per heavy atom. The van der Waals surface area contributed by atoms with Gasteiger partial charge in [-0.15, -0.1) is 0 Å². The maximum atomic E-state index is 3.71. The van der Waals surface area contributed by atoms with Crippen molar-refractivity contribution in [3.8, 4) is 0 Å².